The molecule has 1 N–H and O–H groups in total. The molecule has 0 atom stereocenters. The number of hydrogen-bond donors (Lipinski definition) is 1. The van der Waals surface area contributed by atoms with E-state index in [4.69, 9.17) is 9.15 Å². The van der Waals surface area contributed by atoms with Crippen LogP contribution in [0.2, 0.25) is 0 Å². The fourth-order valence-corrected chi connectivity index (χ4v) is 3.04. The van der Waals surface area contributed by atoms with Gasteiger partial charge in [0.1, 0.15) is 11.6 Å². The molecule has 7 heteroatoms. The molecule has 0 saturated heterocycles. The van der Waals surface area contributed by atoms with Gasteiger partial charge in [-0.2, -0.15) is 0 Å². The van der Waals surface area contributed by atoms with Crippen molar-refractivity contribution >= 4 is 28.6 Å². The first-order valence-corrected chi connectivity index (χ1v) is 9.65. The molecule has 0 bridgehead atoms. The van der Waals surface area contributed by atoms with Gasteiger partial charge in [0.05, 0.1) is 6.26 Å². The van der Waals surface area contributed by atoms with E-state index in [1.165, 1.54) is 4.90 Å². The van der Waals surface area contributed by atoms with E-state index in [9.17, 15) is 9.59 Å². The van der Waals surface area contributed by atoms with Gasteiger partial charge in [0.2, 0.25) is 0 Å². The van der Waals surface area contributed by atoms with Gasteiger partial charge in [0.15, 0.2) is 11.3 Å². The predicted molar refractivity (Wildman–Crippen MR) is 118 cm³/mol. The first-order chi connectivity index (χ1) is 14.9. The summed E-state index contributed by atoms with van der Waals surface area (Å²) < 4.78 is 11.5. The summed E-state index contributed by atoms with van der Waals surface area (Å²) in [5.74, 6) is 0.980. The van der Waals surface area contributed by atoms with E-state index in [1.807, 2.05) is 13.0 Å². The molecule has 0 radical (unpaired) electrons. The molecule has 0 aliphatic heterocycles. The molecule has 4 rings (SSSR count). The summed E-state index contributed by atoms with van der Waals surface area (Å²) in [5, 5.41) is 3.52. The van der Waals surface area contributed by atoms with Crippen LogP contribution in [0.4, 0.5) is 5.82 Å². The van der Waals surface area contributed by atoms with Crippen LogP contribution < -0.4 is 10.1 Å². The number of fused-ring (bicyclic) bond motifs is 1. The molecule has 0 fully saturated rings. The minimum absolute atomic E-state index is 0.0941. The van der Waals surface area contributed by atoms with Crippen molar-refractivity contribution in [2.24, 2.45) is 0 Å². The van der Waals surface area contributed by atoms with Crippen LogP contribution in [-0.4, -0.2) is 35.8 Å². The highest BCUT2D eigenvalue weighted by atomic mass is 16.5. The first kappa shape index (κ1) is 20.2. The average molecular weight is 415 g/mol. The minimum atomic E-state index is -0.309. The lowest BCUT2D eigenvalue weighted by molar-refractivity contribution is 0.0827. The lowest BCUT2D eigenvalue weighted by Gasteiger charge is -2.12. The third-order valence-electron chi connectivity index (χ3n) is 4.67. The molecule has 0 saturated carbocycles. The normalized spacial score (nSPS) is 10.7. The molecule has 2 amide bonds. The number of carbonyl (C=O) groups is 2. The summed E-state index contributed by atoms with van der Waals surface area (Å²) in [6.45, 7) is 1.93. The smallest absolute Gasteiger partial charge is 0.256 e. The molecule has 0 spiro atoms. The molecular formula is C24H21N3O4. The van der Waals surface area contributed by atoms with Gasteiger partial charge in [-0.1, -0.05) is 6.07 Å². The van der Waals surface area contributed by atoms with Crippen molar-refractivity contribution in [1.82, 2.24) is 9.88 Å². The zero-order valence-electron chi connectivity index (χ0n) is 17.4. The lowest BCUT2D eigenvalue weighted by atomic mass is 10.1. The van der Waals surface area contributed by atoms with Crippen molar-refractivity contribution in [2.75, 3.05) is 19.4 Å². The third-order valence-corrected chi connectivity index (χ3v) is 4.67. The van der Waals surface area contributed by atoms with Crippen molar-refractivity contribution in [1.29, 1.82) is 0 Å². The monoisotopic (exact) mass is 415 g/mol. The molecule has 2 aromatic heterocycles. The second kappa shape index (κ2) is 8.31. The van der Waals surface area contributed by atoms with Crippen LogP contribution in [0.5, 0.6) is 11.5 Å². The molecule has 2 heterocycles. The van der Waals surface area contributed by atoms with E-state index >= 15 is 0 Å². The van der Waals surface area contributed by atoms with Crippen molar-refractivity contribution in [2.45, 2.75) is 6.92 Å². The standard InChI is InChI=1S/C24H21N3O4/c1-15-4-9-21(25-14-15)26-23(28)18-12-17-10-11-30-22(17)20(13-18)31-19-7-5-16(6-8-19)24(29)27(2)3/h4-14H,1-3H3,(H,25,26,28). The fourth-order valence-electron chi connectivity index (χ4n) is 3.04. The average Bonchev–Trinajstić information content (AvgIpc) is 3.24. The van der Waals surface area contributed by atoms with Gasteiger partial charge in [0, 0.05) is 36.8 Å². The third kappa shape index (κ3) is 4.40. The number of rotatable bonds is 5. The highest BCUT2D eigenvalue weighted by Crippen LogP contribution is 2.32. The van der Waals surface area contributed by atoms with E-state index in [0.29, 0.717) is 34.0 Å². The molecule has 4 aromatic rings. The Hall–Kier alpha value is -4.13. The van der Waals surface area contributed by atoms with E-state index in [1.54, 1.807) is 75.1 Å². The number of nitrogens with one attached hydrogen (secondary N) is 1. The lowest BCUT2D eigenvalue weighted by Crippen LogP contribution is -2.21. The first-order valence-electron chi connectivity index (χ1n) is 9.65. The summed E-state index contributed by atoms with van der Waals surface area (Å²) >= 11 is 0. The Labute approximate surface area is 179 Å². The Bertz CT molecular complexity index is 1240. The SMILES string of the molecule is Cc1ccc(NC(=O)c2cc(Oc3ccc(C(=O)N(C)C)cc3)c3occc3c2)nc1. The molecule has 7 nitrogen and oxygen atoms in total. The van der Waals surface area contributed by atoms with Crippen LogP contribution >= 0.6 is 0 Å². The maximum absolute atomic E-state index is 12.8. The molecule has 0 aliphatic rings. The summed E-state index contributed by atoms with van der Waals surface area (Å²) in [6, 6.07) is 15.5. The number of aryl methyl sites for hydroxylation is 1. The Morgan fingerprint density at radius 2 is 1.77 bits per heavy atom. The van der Waals surface area contributed by atoms with Crippen LogP contribution in [0.15, 0.2) is 71.5 Å². The number of aromatic nitrogens is 1. The van der Waals surface area contributed by atoms with Gasteiger partial charge in [0.25, 0.3) is 11.8 Å². The minimum Gasteiger partial charge on any atom is -0.460 e. The van der Waals surface area contributed by atoms with E-state index < -0.39 is 0 Å². The van der Waals surface area contributed by atoms with Crippen LogP contribution in [0.3, 0.4) is 0 Å². The molecule has 156 valence electrons. The summed E-state index contributed by atoms with van der Waals surface area (Å²) in [5.41, 5.74) is 2.50. The Morgan fingerprint density at radius 3 is 2.45 bits per heavy atom. The van der Waals surface area contributed by atoms with Gasteiger partial charge in [-0.15, -0.1) is 0 Å². The molecular weight excluding hydrogens is 394 g/mol. The van der Waals surface area contributed by atoms with E-state index in [2.05, 4.69) is 10.3 Å². The van der Waals surface area contributed by atoms with Gasteiger partial charge in [-0.05, 0) is 61.0 Å². The van der Waals surface area contributed by atoms with Crippen LogP contribution in [0, 0.1) is 6.92 Å². The number of ether oxygens (including phenoxy) is 1. The number of furan rings is 1. The second-order valence-electron chi connectivity index (χ2n) is 7.31. The van der Waals surface area contributed by atoms with E-state index in [0.717, 1.165) is 10.9 Å². The van der Waals surface area contributed by atoms with E-state index in [-0.39, 0.29) is 11.8 Å². The zero-order chi connectivity index (χ0) is 22.0. The van der Waals surface area contributed by atoms with Crippen LogP contribution in [0.1, 0.15) is 26.3 Å². The van der Waals surface area contributed by atoms with Gasteiger partial charge >= 0.3 is 0 Å². The maximum atomic E-state index is 12.8. The largest absolute Gasteiger partial charge is 0.460 e. The number of nitrogens with zero attached hydrogens (tertiary/aromatic N) is 2. The van der Waals surface area contributed by atoms with Gasteiger partial charge in [-0.25, -0.2) is 4.98 Å². The molecule has 31 heavy (non-hydrogen) atoms. The highest BCUT2D eigenvalue weighted by molar-refractivity contribution is 6.06. The molecule has 0 aliphatic carbocycles. The Morgan fingerprint density at radius 1 is 1.00 bits per heavy atom. The number of amides is 2. The summed E-state index contributed by atoms with van der Waals surface area (Å²) in [7, 11) is 3.39. The van der Waals surface area contributed by atoms with Gasteiger partial charge in [-0.3, -0.25) is 9.59 Å². The Kier molecular flexibility index (Phi) is 5.41. The maximum Gasteiger partial charge on any atom is 0.256 e. The van der Waals surface area contributed by atoms with Crippen LogP contribution in [0.25, 0.3) is 11.0 Å². The highest BCUT2D eigenvalue weighted by Gasteiger charge is 2.15. The predicted octanol–water partition coefficient (Wildman–Crippen LogP) is 4.88. The summed E-state index contributed by atoms with van der Waals surface area (Å²) in [6.07, 6.45) is 3.23. The number of hydrogen-bond acceptors (Lipinski definition) is 5. The molecule has 0 unspecified atom stereocenters. The van der Waals surface area contributed by atoms with Crippen molar-refractivity contribution in [3.63, 3.8) is 0 Å². The Balaban J connectivity index is 1.60. The quantitative estimate of drug-likeness (QED) is 0.502. The molecule has 2 aromatic carbocycles. The topological polar surface area (TPSA) is 84.7 Å². The second-order valence-corrected chi connectivity index (χ2v) is 7.31. The van der Waals surface area contributed by atoms with Crippen molar-refractivity contribution in [3.8, 4) is 11.5 Å². The van der Waals surface area contributed by atoms with Crippen molar-refractivity contribution in [3.05, 3.63) is 83.7 Å². The zero-order valence-corrected chi connectivity index (χ0v) is 17.4. The van der Waals surface area contributed by atoms with Gasteiger partial charge < -0.3 is 19.4 Å². The fraction of sp³-hybridized carbons (Fsp3) is 0.125. The summed E-state index contributed by atoms with van der Waals surface area (Å²) in [4.78, 5) is 30.6. The number of anilines is 1. The number of carbonyl (C=O) groups excluding carboxylic acids is 2. The number of pyridine rings is 1. The number of benzene rings is 2. The van der Waals surface area contributed by atoms with Crippen LogP contribution in [-0.2, 0) is 0 Å². The van der Waals surface area contributed by atoms with Crippen molar-refractivity contribution < 1.29 is 18.7 Å².